The van der Waals surface area contributed by atoms with Gasteiger partial charge in [0.05, 0.1) is 6.10 Å². The number of aryl methyl sites for hydroxylation is 2. The molecule has 0 bridgehead atoms. The van der Waals surface area contributed by atoms with E-state index in [-0.39, 0.29) is 0 Å². The van der Waals surface area contributed by atoms with Crippen LogP contribution in [0.25, 0.3) is 0 Å². The van der Waals surface area contributed by atoms with Gasteiger partial charge in [0.1, 0.15) is 0 Å². The predicted molar refractivity (Wildman–Crippen MR) is 96.1 cm³/mol. The fourth-order valence-electron chi connectivity index (χ4n) is 3.18. The molecule has 5 nitrogen and oxygen atoms in total. The number of hydrogen-bond donors (Lipinski definition) is 2. The van der Waals surface area contributed by atoms with Crippen LogP contribution in [0.2, 0.25) is 0 Å². The van der Waals surface area contributed by atoms with Gasteiger partial charge in [-0.25, -0.2) is 0 Å². The Hall–Kier alpha value is -1.98. The molecule has 3 rings (SSSR count). The minimum absolute atomic E-state index is 0.363. The van der Waals surface area contributed by atoms with Crippen molar-refractivity contribution in [2.24, 2.45) is 0 Å². The quantitative estimate of drug-likeness (QED) is 0.883. The van der Waals surface area contributed by atoms with Gasteiger partial charge in [0.25, 0.3) is 0 Å². The number of piperidine rings is 1. The van der Waals surface area contributed by atoms with Crippen LogP contribution in [0.3, 0.4) is 0 Å². The zero-order chi connectivity index (χ0) is 16.9. The van der Waals surface area contributed by atoms with Crippen molar-refractivity contribution in [1.29, 1.82) is 0 Å². The predicted octanol–water partition coefficient (Wildman–Crippen LogP) is 2.39. The van der Waals surface area contributed by atoms with Crippen LogP contribution in [-0.2, 0) is 0 Å². The Labute approximate surface area is 143 Å². The fourth-order valence-corrected chi connectivity index (χ4v) is 3.18. The van der Waals surface area contributed by atoms with Crippen molar-refractivity contribution in [3.63, 3.8) is 0 Å². The molecule has 2 unspecified atom stereocenters. The number of nitrogens with zero attached hydrogens (tertiary/aromatic N) is 3. The molecule has 5 heteroatoms. The van der Waals surface area contributed by atoms with E-state index < -0.39 is 6.10 Å². The number of aromatic nitrogens is 2. The first-order chi connectivity index (χ1) is 11.6. The van der Waals surface area contributed by atoms with E-state index in [9.17, 15) is 5.11 Å². The lowest BCUT2D eigenvalue weighted by atomic mass is 10.0. The molecule has 1 saturated heterocycles. The maximum Gasteiger partial charge on any atom is 0.151 e. The monoisotopic (exact) mass is 326 g/mol. The summed E-state index contributed by atoms with van der Waals surface area (Å²) >= 11 is 0. The lowest BCUT2D eigenvalue weighted by Gasteiger charge is -2.34. The van der Waals surface area contributed by atoms with E-state index >= 15 is 0 Å². The molecule has 2 atom stereocenters. The molecular formula is C19H26N4O. The van der Waals surface area contributed by atoms with Crippen molar-refractivity contribution in [3.8, 4) is 0 Å². The summed E-state index contributed by atoms with van der Waals surface area (Å²) in [5.41, 5.74) is 3.45. The zero-order valence-corrected chi connectivity index (χ0v) is 14.4. The first-order valence-electron chi connectivity index (χ1n) is 8.65. The minimum atomic E-state index is -0.476. The Morgan fingerprint density at radius 3 is 2.92 bits per heavy atom. The van der Waals surface area contributed by atoms with E-state index in [4.69, 9.17) is 0 Å². The fraction of sp³-hybridized carbons (Fsp3) is 0.474. The first kappa shape index (κ1) is 16.9. The molecule has 0 amide bonds. The maximum atomic E-state index is 10.5. The highest BCUT2D eigenvalue weighted by atomic mass is 16.3. The Morgan fingerprint density at radius 2 is 2.17 bits per heavy atom. The largest absolute Gasteiger partial charge is 0.387 e. The molecule has 1 aromatic carbocycles. The lowest BCUT2D eigenvalue weighted by Crippen LogP contribution is -2.47. The Balaban J connectivity index is 1.55. The standard InChI is InChI=1S/C19H26N4O/c1-14-7-8-16(11-15(14)2)18(24)12-20-17-5-4-10-23(13-17)19-6-3-9-21-22-19/h3,6-9,11,17-18,20,24H,4-5,10,12-13H2,1-2H3. The highest BCUT2D eigenvalue weighted by Crippen LogP contribution is 2.19. The van der Waals surface area contributed by atoms with Gasteiger partial charge in [-0.2, -0.15) is 5.10 Å². The molecule has 0 saturated carbocycles. The first-order valence-corrected chi connectivity index (χ1v) is 8.65. The van der Waals surface area contributed by atoms with Crippen molar-refractivity contribution in [2.75, 3.05) is 24.5 Å². The third-order valence-electron chi connectivity index (χ3n) is 4.82. The number of aliphatic hydroxyl groups excluding tert-OH is 1. The molecule has 128 valence electrons. The van der Waals surface area contributed by atoms with Crippen LogP contribution in [0.1, 0.15) is 35.6 Å². The third kappa shape index (κ3) is 4.10. The maximum absolute atomic E-state index is 10.5. The summed E-state index contributed by atoms with van der Waals surface area (Å²) in [6.07, 6.45) is 3.46. The molecule has 2 heterocycles. The second kappa shape index (κ2) is 7.73. The molecule has 1 aliphatic rings. The Morgan fingerprint density at radius 1 is 1.29 bits per heavy atom. The Bertz CT molecular complexity index is 662. The highest BCUT2D eigenvalue weighted by Gasteiger charge is 2.21. The van der Waals surface area contributed by atoms with Gasteiger partial charge in [0, 0.05) is 31.9 Å². The van der Waals surface area contributed by atoms with Gasteiger partial charge >= 0.3 is 0 Å². The van der Waals surface area contributed by atoms with Crippen LogP contribution < -0.4 is 10.2 Å². The number of aliphatic hydroxyl groups is 1. The average molecular weight is 326 g/mol. The summed E-state index contributed by atoms with van der Waals surface area (Å²) in [7, 11) is 0. The van der Waals surface area contributed by atoms with Gasteiger partial charge in [-0.3, -0.25) is 0 Å². The molecular weight excluding hydrogens is 300 g/mol. The minimum Gasteiger partial charge on any atom is -0.387 e. The zero-order valence-electron chi connectivity index (χ0n) is 14.4. The molecule has 0 spiro atoms. The lowest BCUT2D eigenvalue weighted by molar-refractivity contribution is 0.168. The second-order valence-electron chi connectivity index (χ2n) is 6.63. The van der Waals surface area contributed by atoms with Gasteiger partial charge in [0.2, 0.25) is 0 Å². The smallest absolute Gasteiger partial charge is 0.151 e. The summed E-state index contributed by atoms with van der Waals surface area (Å²) < 4.78 is 0. The van der Waals surface area contributed by atoms with Gasteiger partial charge in [-0.1, -0.05) is 18.2 Å². The van der Waals surface area contributed by atoms with E-state index in [2.05, 4.69) is 46.4 Å². The second-order valence-corrected chi connectivity index (χ2v) is 6.63. The number of nitrogens with one attached hydrogen (secondary N) is 1. The summed E-state index contributed by atoms with van der Waals surface area (Å²) in [4.78, 5) is 2.26. The average Bonchev–Trinajstić information content (AvgIpc) is 2.63. The van der Waals surface area contributed by atoms with Crippen molar-refractivity contribution in [3.05, 3.63) is 53.2 Å². The third-order valence-corrected chi connectivity index (χ3v) is 4.82. The summed E-state index contributed by atoms with van der Waals surface area (Å²) in [5, 5.41) is 22.1. The van der Waals surface area contributed by atoms with E-state index in [0.29, 0.717) is 12.6 Å². The topological polar surface area (TPSA) is 61.3 Å². The van der Waals surface area contributed by atoms with Gasteiger partial charge < -0.3 is 15.3 Å². The number of rotatable bonds is 5. The summed E-state index contributed by atoms with van der Waals surface area (Å²) in [6, 6.07) is 10.4. The van der Waals surface area contributed by atoms with E-state index in [0.717, 1.165) is 37.3 Å². The van der Waals surface area contributed by atoms with Crippen LogP contribution in [0.5, 0.6) is 0 Å². The highest BCUT2D eigenvalue weighted by molar-refractivity contribution is 5.37. The normalized spacial score (nSPS) is 19.3. The van der Waals surface area contributed by atoms with Crippen molar-refractivity contribution >= 4 is 5.82 Å². The van der Waals surface area contributed by atoms with E-state index in [1.165, 1.54) is 11.1 Å². The molecule has 2 aromatic rings. The SMILES string of the molecule is Cc1ccc(C(O)CNC2CCCN(c3cccnn3)C2)cc1C. The van der Waals surface area contributed by atoms with Crippen LogP contribution in [0.4, 0.5) is 5.82 Å². The van der Waals surface area contributed by atoms with Crippen LogP contribution >= 0.6 is 0 Å². The number of benzene rings is 1. The molecule has 24 heavy (non-hydrogen) atoms. The Kier molecular flexibility index (Phi) is 5.43. The van der Waals surface area contributed by atoms with Crippen molar-refractivity contribution < 1.29 is 5.11 Å². The molecule has 0 aliphatic carbocycles. The molecule has 0 radical (unpaired) electrons. The molecule has 1 fully saturated rings. The van der Waals surface area contributed by atoms with Crippen LogP contribution in [0, 0.1) is 13.8 Å². The van der Waals surface area contributed by atoms with Crippen LogP contribution in [0.15, 0.2) is 36.5 Å². The van der Waals surface area contributed by atoms with E-state index in [1.807, 2.05) is 18.2 Å². The number of anilines is 1. The van der Waals surface area contributed by atoms with E-state index in [1.54, 1.807) is 6.20 Å². The van der Waals surface area contributed by atoms with Gasteiger partial charge in [-0.15, -0.1) is 5.10 Å². The number of hydrogen-bond acceptors (Lipinski definition) is 5. The van der Waals surface area contributed by atoms with Crippen LogP contribution in [-0.4, -0.2) is 41.0 Å². The van der Waals surface area contributed by atoms with Crippen molar-refractivity contribution in [2.45, 2.75) is 38.8 Å². The summed E-state index contributed by atoms with van der Waals surface area (Å²) in [6.45, 7) is 6.65. The molecule has 1 aliphatic heterocycles. The van der Waals surface area contributed by atoms with Crippen molar-refractivity contribution in [1.82, 2.24) is 15.5 Å². The summed E-state index contributed by atoms with van der Waals surface area (Å²) in [5.74, 6) is 0.929. The van der Waals surface area contributed by atoms with Gasteiger partial charge in [0.15, 0.2) is 5.82 Å². The molecule has 2 N–H and O–H groups in total. The molecule has 1 aromatic heterocycles. The van der Waals surface area contributed by atoms with Gasteiger partial charge in [-0.05, 0) is 55.5 Å².